The lowest BCUT2D eigenvalue weighted by molar-refractivity contribution is 0.00552. The lowest BCUT2D eigenvalue weighted by Gasteiger charge is -2.42. The van der Waals surface area contributed by atoms with E-state index in [9.17, 15) is 5.11 Å². The van der Waals surface area contributed by atoms with Crippen molar-refractivity contribution in [3.05, 3.63) is 0 Å². The maximum absolute atomic E-state index is 9.70. The smallest absolute Gasteiger partial charge is 0.0614 e. The zero-order valence-corrected chi connectivity index (χ0v) is 10.4. The average molecular weight is 227 g/mol. The van der Waals surface area contributed by atoms with Crippen molar-refractivity contribution in [3.8, 4) is 0 Å². The SMILES string of the molecule is COC1CCCC(CO)(NC2CCCC2)C1. The van der Waals surface area contributed by atoms with E-state index in [4.69, 9.17) is 4.74 Å². The minimum atomic E-state index is -0.0616. The molecule has 0 aromatic rings. The molecule has 0 aromatic heterocycles. The molecule has 0 amide bonds. The van der Waals surface area contributed by atoms with E-state index in [0.717, 1.165) is 19.3 Å². The first-order valence-corrected chi connectivity index (χ1v) is 6.69. The largest absolute Gasteiger partial charge is 0.394 e. The lowest BCUT2D eigenvalue weighted by Crippen LogP contribution is -2.56. The second-order valence-electron chi connectivity index (χ2n) is 5.52. The van der Waals surface area contributed by atoms with Crippen molar-refractivity contribution >= 4 is 0 Å². The Bertz CT molecular complexity index is 216. The second kappa shape index (κ2) is 5.48. The van der Waals surface area contributed by atoms with Gasteiger partial charge in [-0.3, -0.25) is 0 Å². The summed E-state index contributed by atoms with van der Waals surface area (Å²) in [5.74, 6) is 0. The summed E-state index contributed by atoms with van der Waals surface area (Å²) in [5, 5.41) is 13.4. The molecule has 0 radical (unpaired) electrons. The van der Waals surface area contributed by atoms with Crippen LogP contribution >= 0.6 is 0 Å². The van der Waals surface area contributed by atoms with Crippen LogP contribution in [0.2, 0.25) is 0 Å². The van der Waals surface area contributed by atoms with Crippen molar-refractivity contribution in [2.45, 2.75) is 69.1 Å². The molecule has 3 nitrogen and oxygen atoms in total. The summed E-state index contributed by atoms with van der Waals surface area (Å²) in [4.78, 5) is 0. The van der Waals surface area contributed by atoms with Crippen LogP contribution in [0.3, 0.4) is 0 Å². The van der Waals surface area contributed by atoms with Crippen molar-refractivity contribution in [3.63, 3.8) is 0 Å². The first-order valence-electron chi connectivity index (χ1n) is 6.69. The Morgan fingerprint density at radius 3 is 2.62 bits per heavy atom. The highest BCUT2D eigenvalue weighted by Gasteiger charge is 2.37. The number of aliphatic hydroxyl groups excluding tert-OH is 1. The van der Waals surface area contributed by atoms with Gasteiger partial charge in [0.05, 0.1) is 12.7 Å². The average Bonchev–Trinajstić information content (AvgIpc) is 2.82. The summed E-state index contributed by atoms with van der Waals surface area (Å²) in [6.45, 7) is 0.253. The molecule has 0 bridgehead atoms. The van der Waals surface area contributed by atoms with Gasteiger partial charge in [0.1, 0.15) is 0 Å². The summed E-state index contributed by atoms with van der Waals surface area (Å²) >= 11 is 0. The predicted molar refractivity (Wildman–Crippen MR) is 64.5 cm³/mol. The fraction of sp³-hybridized carbons (Fsp3) is 1.00. The van der Waals surface area contributed by atoms with Gasteiger partial charge in [0.25, 0.3) is 0 Å². The molecule has 3 heteroatoms. The van der Waals surface area contributed by atoms with Crippen LogP contribution in [-0.4, -0.2) is 36.5 Å². The fourth-order valence-electron chi connectivity index (χ4n) is 3.33. The zero-order valence-electron chi connectivity index (χ0n) is 10.4. The van der Waals surface area contributed by atoms with Gasteiger partial charge < -0.3 is 15.2 Å². The monoisotopic (exact) mass is 227 g/mol. The van der Waals surface area contributed by atoms with E-state index in [0.29, 0.717) is 12.1 Å². The Hall–Kier alpha value is -0.120. The normalized spacial score (nSPS) is 36.8. The number of nitrogens with one attached hydrogen (secondary N) is 1. The molecule has 94 valence electrons. The Morgan fingerprint density at radius 2 is 2.00 bits per heavy atom. The predicted octanol–water partition coefficient (Wildman–Crippen LogP) is 1.84. The van der Waals surface area contributed by atoms with E-state index in [1.807, 2.05) is 0 Å². The quantitative estimate of drug-likeness (QED) is 0.770. The van der Waals surface area contributed by atoms with Gasteiger partial charge in [-0.1, -0.05) is 12.8 Å². The highest BCUT2D eigenvalue weighted by atomic mass is 16.5. The van der Waals surface area contributed by atoms with Crippen molar-refractivity contribution < 1.29 is 9.84 Å². The number of methoxy groups -OCH3 is 1. The topological polar surface area (TPSA) is 41.5 Å². The maximum atomic E-state index is 9.70. The molecule has 0 aliphatic heterocycles. The first kappa shape index (κ1) is 12.3. The molecule has 2 aliphatic carbocycles. The summed E-state index contributed by atoms with van der Waals surface area (Å²) in [6, 6.07) is 0.628. The molecule has 2 atom stereocenters. The Kier molecular flexibility index (Phi) is 4.22. The van der Waals surface area contributed by atoms with Crippen molar-refractivity contribution in [2.24, 2.45) is 0 Å². The summed E-state index contributed by atoms with van der Waals surface area (Å²) in [7, 11) is 1.79. The maximum Gasteiger partial charge on any atom is 0.0614 e. The zero-order chi connectivity index (χ0) is 11.4. The van der Waals surface area contributed by atoms with Gasteiger partial charge in [0.2, 0.25) is 0 Å². The molecule has 2 N–H and O–H groups in total. The third-order valence-corrected chi connectivity index (χ3v) is 4.30. The Balaban J connectivity index is 1.94. The highest BCUT2D eigenvalue weighted by Crippen LogP contribution is 2.32. The summed E-state index contributed by atoms with van der Waals surface area (Å²) in [5.41, 5.74) is -0.0616. The van der Waals surface area contributed by atoms with E-state index >= 15 is 0 Å². The minimum Gasteiger partial charge on any atom is -0.394 e. The molecule has 0 saturated heterocycles. The van der Waals surface area contributed by atoms with Crippen LogP contribution in [0.25, 0.3) is 0 Å². The molecule has 0 heterocycles. The molecular weight excluding hydrogens is 202 g/mol. The van der Waals surface area contributed by atoms with Crippen molar-refractivity contribution in [2.75, 3.05) is 13.7 Å². The van der Waals surface area contributed by atoms with E-state index in [-0.39, 0.29) is 12.1 Å². The summed E-state index contributed by atoms with van der Waals surface area (Å²) in [6.07, 6.45) is 9.94. The van der Waals surface area contributed by atoms with E-state index in [2.05, 4.69) is 5.32 Å². The van der Waals surface area contributed by atoms with Crippen molar-refractivity contribution in [1.29, 1.82) is 0 Å². The second-order valence-corrected chi connectivity index (χ2v) is 5.52. The molecular formula is C13H25NO2. The van der Waals surface area contributed by atoms with E-state index < -0.39 is 0 Å². The van der Waals surface area contributed by atoms with Gasteiger partial charge in [0, 0.05) is 18.7 Å². The first-order chi connectivity index (χ1) is 7.78. The molecule has 2 unspecified atom stereocenters. The number of aliphatic hydroxyl groups is 1. The molecule has 2 rings (SSSR count). The number of hydrogen-bond acceptors (Lipinski definition) is 3. The Labute approximate surface area is 98.6 Å². The van der Waals surface area contributed by atoms with E-state index in [1.54, 1.807) is 7.11 Å². The van der Waals surface area contributed by atoms with Crippen LogP contribution < -0.4 is 5.32 Å². The third-order valence-electron chi connectivity index (χ3n) is 4.30. The van der Waals surface area contributed by atoms with Crippen LogP contribution in [0.4, 0.5) is 0 Å². The van der Waals surface area contributed by atoms with Gasteiger partial charge in [0.15, 0.2) is 0 Å². The van der Waals surface area contributed by atoms with Crippen molar-refractivity contribution in [1.82, 2.24) is 5.32 Å². The van der Waals surface area contributed by atoms with Crippen LogP contribution in [-0.2, 0) is 4.74 Å². The van der Waals surface area contributed by atoms with Gasteiger partial charge in [-0.15, -0.1) is 0 Å². The fourth-order valence-corrected chi connectivity index (χ4v) is 3.33. The van der Waals surface area contributed by atoms with E-state index in [1.165, 1.54) is 32.1 Å². The van der Waals surface area contributed by atoms with Gasteiger partial charge in [-0.2, -0.15) is 0 Å². The lowest BCUT2D eigenvalue weighted by atomic mass is 9.80. The molecule has 16 heavy (non-hydrogen) atoms. The molecule has 2 aliphatic rings. The van der Waals surface area contributed by atoms with Crippen LogP contribution in [0, 0.1) is 0 Å². The Morgan fingerprint density at radius 1 is 1.25 bits per heavy atom. The molecule has 2 saturated carbocycles. The van der Waals surface area contributed by atoms with Gasteiger partial charge >= 0.3 is 0 Å². The molecule has 0 spiro atoms. The minimum absolute atomic E-state index is 0.0616. The summed E-state index contributed by atoms with van der Waals surface area (Å²) < 4.78 is 5.46. The van der Waals surface area contributed by atoms with Crippen LogP contribution in [0.1, 0.15) is 51.4 Å². The van der Waals surface area contributed by atoms with Gasteiger partial charge in [-0.05, 0) is 38.5 Å². The molecule has 0 aromatic carbocycles. The highest BCUT2D eigenvalue weighted by molar-refractivity contribution is 4.96. The standard InChI is InChI=1S/C13H25NO2/c1-16-12-7-4-8-13(9-12,10-15)14-11-5-2-3-6-11/h11-12,14-15H,2-10H2,1H3. The number of rotatable bonds is 4. The number of hydrogen-bond donors (Lipinski definition) is 2. The van der Waals surface area contributed by atoms with Crippen LogP contribution in [0.5, 0.6) is 0 Å². The van der Waals surface area contributed by atoms with Gasteiger partial charge in [-0.25, -0.2) is 0 Å². The number of ether oxygens (including phenoxy) is 1. The molecule has 2 fully saturated rings. The third kappa shape index (κ3) is 2.76. The van der Waals surface area contributed by atoms with Crippen LogP contribution in [0.15, 0.2) is 0 Å².